The molecule has 2 aromatic carbocycles. The molecule has 2 rings (SSSR count). The summed E-state index contributed by atoms with van der Waals surface area (Å²) in [6.45, 7) is 6.32. The summed E-state index contributed by atoms with van der Waals surface area (Å²) in [5.74, 6) is 0. The molecule has 0 nitrogen and oxygen atoms in total. The molecule has 0 fully saturated rings. The van der Waals surface area contributed by atoms with Crippen LogP contribution in [0.3, 0.4) is 0 Å². The highest BCUT2D eigenvalue weighted by Crippen LogP contribution is 2.20. The average Bonchev–Trinajstić information content (AvgIpc) is 2.29. The summed E-state index contributed by atoms with van der Waals surface area (Å²) in [5.41, 5.74) is 6.44. The van der Waals surface area contributed by atoms with Crippen molar-refractivity contribution in [3.63, 3.8) is 0 Å². The minimum Gasteiger partial charge on any atom is -0.0840 e. The van der Waals surface area contributed by atoms with Gasteiger partial charge in [-0.15, -0.1) is 0 Å². The number of hydrogen-bond donors (Lipinski definition) is 0. The number of hydrogen-bond acceptors (Lipinski definition) is 0. The minimum absolute atomic E-state index is 0.854. The lowest BCUT2D eigenvalue weighted by molar-refractivity contribution is 1.14. The molecule has 0 aliphatic carbocycles. The highest BCUT2D eigenvalue weighted by atomic mass is 35.5. The van der Waals surface area contributed by atoms with E-state index in [9.17, 15) is 0 Å². The number of rotatable bonds is 2. The Labute approximate surface area is 108 Å². The molecule has 0 spiro atoms. The monoisotopic (exact) mass is 244 g/mol. The lowest BCUT2D eigenvalue weighted by Gasteiger charge is -2.08. The van der Waals surface area contributed by atoms with Crippen LogP contribution in [-0.2, 0) is 6.42 Å². The number of aryl methyl sites for hydroxylation is 3. The van der Waals surface area contributed by atoms with Crippen LogP contribution in [0.25, 0.3) is 0 Å². The van der Waals surface area contributed by atoms with Gasteiger partial charge in [-0.1, -0.05) is 47.5 Å². The quantitative estimate of drug-likeness (QED) is 0.708. The summed E-state index contributed by atoms with van der Waals surface area (Å²) in [6.07, 6.45) is 0.952. The fourth-order valence-corrected chi connectivity index (χ4v) is 2.16. The van der Waals surface area contributed by atoms with Crippen molar-refractivity contribution in [3.8, 4) is 0 Å². The molecule has 17 heavy (non-hydrogen) atoms. The van der Waals surface area contributed by atoms with Gasteiger partial charge in [0.1, 0.15) is 0 Å². The van der Waals surface area contributed by atoms with E-state index in [4.69, 9.17) is 11.6 Å². The van der Waals surface area contributed by atoms with E-state index in [2.05, 4.69) is 50.2 Å². The van der Waals surface area contributed by atoms with E-state index >= 15 is 0 Å². The van der Waals surface area contributed by atoms with Crippen molar-refractivity contribution in [1.29, 1.82) is 0 Å². The standard InChI is InChI=1S/C16H17Cl/c1-11-4-5-12(2)15(8-11)9-14-7-6-13(3)16(17)10-14/h4-8,10H,9H2,1-3H3. The van der Waals surface area contributed by atoms with E-state index in [1.54, 1.807) is 0 Å². The van der Waals surface area contributed by atoms with Gasteiger partial charge in [0.25, 0.3) is 0 Å². The molecule has 88 valence electrons. The molecule has 0 aliphatic rings. The smallest absolute Gasteiger partial charge is 0.0438 e. The second-order valence-electron chi connectivity index (χ2n) is 4.69. The fourth-order valence-electron chi connectivity index (χ4n) is 1.96. The molecule has 0 atom stereocenters. The molecule has 0 heterocycles. The molecule has 0 unspecified atom stereocenters. The Morgan fingerprint density at radius 2 is 1.59 bits per heavy atom. The highest BCUT2D eigenvalue weighted by molar-refractivity contribution is 6.31. The first-order valence-corrected chi connectivity index (χ1v) is 6.25. The van der Waals surface area contributed by atoms with Gasteiger partial charge in [0.15, 0.2) is 0 Å². The Morgan fingerprint density at radius 1 is 0.882 bits per heavy atom. The Morgan fingerprint density at radius 3 is 2.29 bits per heavy atom. The molecular formula is C16H17Cl. The molecule has 0 radical (unpaired) electrons. The predicted molar refractivity (Wildman–Crippen MR) is 74.9 cm³/mol. The van der Waals surface area contributed by atoms with E-state index in [-0.39, 0.29) is 0 Å². The molecule has 1 heteroatoms. The molecular weight excluding hydrogens is 228 g/mol. The number of benzene rings is 2. The molecule has 0 aromatic heterocycles. The van der Waals surface area contributed by atoms with Crippen LogP contribution < -0.4 is 0 Å². The molecule has 0 bridgehead atoms. The molecule has 0 N–H and O–H groups in total. The second kappa shape index (κ2) is 4.93. The average molecular weight is 245 g/mol. The third-order valence-electron chi connectivity index (χ3n) is 3.14. The molecule has 0 saturated heterocycles. The maximum atomic E-state index is 6.15. The van der Waals surface area contributed by atoms with Crippen LogP contribution in [0.15, 0.2) is 36.4 Å². The van der Waals surface area contributed by atoms with Crippen molar-refractivity contribution < 1.29 is 0 Å². The fraction of sp³-hybridized carbons (Fsp3) is 0.250. The van der Waals surface area contributed by atoms with Crippen molar-refractivity contribution in [2.45, 2.75) is 27.2 Å². The Bertz CT molecular complexity index is 541. The first kappa shape index (κ1) is 12.2. The maximum Gasteiger partial charge on any atom is 0.0438 e. The van der Waals surface area contributed by atoms with Crippen molar-refractivity contribution in [2.24, 2.45) is 0 Å². The Kier molecular flexibility index (Phi) is 3.54. The van der Waals surface area contributed by atoms with Gasteiger partial charge in [0, 0.05) is 5.02 Å². The summed E-state index contributed by atoms with van der Waals surface area (Å²) < 4.78 is 0. The zero-order valence-electron chi connectivity index (χ0n) is 10.5. The lowest BCUT2D eigenvalue weighted by atomic mass is 9.98. The van der Waals surface area contributed by atoms with Crippen molar-refractivity contribution in [3.05, 3.63) is 69.2 Å². The van der Waals surface area contributed by atoms with E-state index in [1.807, 2.05) is 6.92 Å². The molecule has 0 amide bonds. The number of halogens is 1. The second-order valence-corrected chi connectivity index (χ2v) is 5.10. The topological polar surface area (TPSA) is 0 Å². The minimum atomic E-state index is 0.854. The predicted octanol–water partition coefficient (Wildman–Crippen LogP) is 4.86. The van der Waals surface area contributed by atoms with Crippen molar-refractivity contribution in [1.82, 2.24) is 0 Å². The van der Waals surface area contributed by atoms with Crippen LogP contribution >= 0.6 is 11.6 Å². The molecule has 0 aliphatic heterocycles. The van der Waals surface area contributed by atoms with Crippen molar-refractivity contribution in [2.75, 3.05) is 0 Å². The van der Waals surface area contributed by atoms with Gasteiger partial charge in [-0.2, -0.15) is 0 Å². The van der Waals surface area contributed by atoms with E-state index in [1.165, 1.54) is 22.3 Å². The highest BCUT2D eigenvalue weighted by Gasteiger charge is 2.02. The van der Waals surface area contributed by atoms with Crippen LogP contribution in [-0.4, -0.2) is 0 Å². The van der Waals surface area contributed by atoms with Gasteiger partial charge in [0.05, 0.1) is 0 Å². The van der Waals surface area contributed by atoms with Gasteiger partial charge in [-0.05, 0) is 55.5 Å². The zero-order valence-corrected chi connectivity index (χ0v) is 11.3. The lowest BCUT2D eigenvalue weighted by Crippen LogP contribution is -1.93. The van der Waals surface area contributed by atoms with E-state index < -0.39 is 0 Å². The van der Waals surface area contributed by atoms with Gasteiger partial charge < -0.3 is 0 Å². The van der Waals surface area contributed by atoms with Gasteiger partial charge >= 0.3 is 0 Å². The van der Waals surface area contributed by atoms with Crippen LogP contribution in [0.4, 0.5) is 0 Å². The molecule has 0 saturated carbocycles. The van der Waals surface area contributed by atoms with Crippen LogP contribution in [0, 0.1) is 20.8 Å². The van der Waals surface area contributed by atoms with Crippen LogP contribution in [0.1, 0.15) is 27.8 Å². The third kappa shape index (κ3) is 2.89. The van der Waals surface area contributed by atoms with E-state index in [0.717, 1.165) is 17.0 Å². The summed E-state index contributed by atoms with van der Waals surface area (Å²) in [4.78, 5) is 0. The molecule has 2 aromatic rings. The van der Waals surface area contributed by atoms with Gasteiger partial charge in [-0.25, -0.2) is 0 Å². The first-order chi connectivity index (χ1) is 8.06. The van der Waals surface area contributed by atoms with Crippen LogP contribution in [0.5, 0.6) is 0 Å². The summed E-state index contributed by atoms with van der Waals surface area (Å²) in [5, 5.41) is 0.854. The van der Waals surface area contributed by atoms with Gasteiger partial charge in [-0.3, -0.25) is 0 Å². The van der Waals surface area contributed by atoms with Gasteiger partial charge in [0.2, 0.25) is 0 Å². The zero-order chi connectivity index (χ0) is 12.4. The Hall–Kier alpha value is -1.27. The van der Waals surface area contributed by atoms with Crippen LogP contribution in [0.2, 0.25) is 5.02 Å². The maximum absolute atomic E-state index is 6.15. The first-order valence-electron chi connectivity index (χ1n) is 5.87. The van der Waals surface area contributed by atoms with Crippen molar-refractivity contribution >= 4 is 11.6 Å². The summed E-state index contributed by atoms with van der Waals surface area (Å²) in [6, 6.07) is 12.9. The SMILES string of the molecule is Cc1ccc(C)c(Cc2ccc(C)c(Cl)c2)c1. The summed E-state index contributed by atoms with van der Waals surface area (Å²) in [7, 11) is 0. The largest absolute Gasteiger partial charge is 0.0840 e. The normalized spacial score (nSPS) is 10.6. The summed E-state index contributed by atoms with van der Waals surface area (Å²) >= 11 is 6.15. The van der Waals surface area contributed by atoms with E-state index in [0.29, 0.717) is 0 Å². The third-order valence-corrected chi connectivity index (χ3v) is 3.54. The Balaban J connectivity index is 2.31.